The van der Waals surface area contributed by atoms with Gasteiger partial charge in [0.05, 0.1) is 4.90 Å². The molecule has 1 amide bonds. The molecule has 4 rings (SSSR count). The molecule has 0 saturated carbocycles. The number of pyridine rings is 1. The number of anilines is 1. The Morgan fingerprint density at radius 3 is 2.85 bits per heavy atom. The van der Waals surface area contributed by atoms with Crippen LogP contribution in [-0.4, -0.2) is 29.1 Å². The molecule has 3 heterocycles. The minimum Gasteiger partial charge on any atom is -0.326 e. The number of aryl methyl sites for hydroxylation is 1. The van der Waals surface area contributed by atoms with E-state index in [0.717, 1.165) is 5.56 Å². The predicted octanol–water partition coefficient (Wildman–Crippen LogP) is 1.63. The standard InChI is InChI=1S/C18H17N5O3S/c24-17-7-4-13-11-15(5-6-16(13)22-17)27(25,26)21-12-14-3-1-8-19-18(14)23-10-2-9-20-23/h1-3,5-6,8-11,21H,4,7,12H2,(H,22,24). The van der Waals surface area contributed by atoms with Crippen LogP contribution in [0.15, 0.2) is 59.9 Å². The molecule has 0 fully saturated rings. The van der Waals surface area contributed by atoms with Gasteiger partial charge >= 0.3 is 0 Å². The second kappa shape index (κ2) is 6.93. The molecule has 8 nitrogen and oxygen atoms in total. The fraction of sp³-hybridized carbons (Fsp3) is 0.167. The molecule has 1 aromatic carbocycles. The van der Waals surface area contributed by atoms with Gasteiger partial charge in [0.15, 0.2) is 5.82 Å². The van der Waals surface area contributed by atoms with Gasteiger partial charge in [0.1, 0.15) is 0 Å². The van der Waals surface area contributed by atoms with E-state index >= 15 is 0 Å². The van der Waals surface area contributed by atoms with Crippen molar-refractivity contribution in [1.29, 1.82) is 0 Å². The van der Waals surface area contributed by atoms with Crippen LogP contribution in [0.3, 0.4) is 0 Å². The Balaban J connectivity index is 1.56. The van der Waals surface area contributed by atoms with Crippen LogP contribution < -0.4 is 10.0 Å². The van der Waals surface area contributed by atoms with Crippen molar-refractivity contribution in [3.05, 3.63) is 66.1 Å². The first-order valence-electron chi connectivity index (χ1n) is 8.39. The number of sulfonamides is 1. The zero-order valence-electron chi connectivity index (χ0n) is 14.3. The molecule has 138 valence electrons. The molecular formula is C18H17N5O3S. The van der Waals surface area contributed by atoms with E-state index in [2.05, 4.69) is 20.1 Å². The van der Waals surface area contributed by atoms with Gasteiger partial charge in [-0.25, -0.2) is 22.8 Å². The minimum absolute atomic E-state index is 0.0565. The molecule has 2 aromatic heterocycles. The maximum absolute atomic E-state index is 12.7. The van der Waals surface area contributed by atoms with Crippen LogP contribution in [0.25, 0.3) is 5.82 Å². The highest BCUT2D eigenvalue weighted by atomic mass is 32.2. The summed E-state index contributed by atoms with van der Waals surface area (Å²) in [5, 5.41) is 6.89. The molecule has 0 unspecified atom stereocenters. The quantitative estimate of drug-likeness (QED) is 0.697. The Morgan fingerprint density at radius 2 is 2.04 bits per heavy atom. The number of nitrogens with zero attached hydrogens (tertiary/aromatic N) is 3. The summed E-state index contributed by atoms with van der Waals surface area (Å²) in [6.07, 6.45) is 5.89. The molecule has 0 atom stereocenters. The summed E-state index contributed by atoms with van der Waals surface area (Å²) in [5.41, 5.74) is 2.18. The molecule has 0 radical (unpaired) electrons. The molecule has 2 N–H and O–H groups in total. The number of nitrogens with one attached hydrogen (secondary N) is 2. The van der Waals surface area contributed by atoms with Gasteiger partial charge in [0.2, 0.25) is 15.9 Å². The second-order valence-electron chi connectivity index (χ2n) is 6.13. The number of fused-ring (bicyclic) bond motifs is 1. The molecule has 1 aliphatic heterocycles. The van der Waals surface area contributed by atoms with Crippen LogP contribution in [0, 0.1) is 0 Å². The second-order valence-corrected chi connectivity index (χ2v) is 7.90. The molecule has 27 heavy (non-hydrogen) atoms. The molecule has 0 aliphatic carbocycles. The van der Waals surface area contributed by atoms with Crippen LogP contribution in [0.4, 0.5) is 5.69 Å². The summed E-state index contributed by atoms with van der Waals surface area (Å²) in [5.74, 6) is 0.511. The number of aromatic nitrogens is 3. The highest BCUT2D eigenvalue weighted by Gasteiger charge is 2.20. The Morgan fingerprint density at radius 1 is 1.15 bits per heavy atom. The smallest absolute Gasteiger partial charge is 0.240 e. The third kappa shape index (κ3) is 3.60. The van der Waals surface area contributed by atoms with Crippen LogP contribution in [0.1, 0.15) is 17.5 Å². The van der Waals surface area contributed by atoms with Crippen molar-refractivity contribution >= 4 is 21.6 Å². The Bertz CT molecular complexity index is 1090. The third-order valence-electron chi connectivity index (χ3n) is 4.32. The number of rotatable bonds is 5. The van der Waals surface area contributed by atoms with E-state index in [4.69, 9.17) is 0 Å². The van der Waals surface area contributed by atoms with E-state index in [1.54, 1.807) is 53.6 Å². The monoisotopic (exact) mass is 383 g/mol. The number of carbonyl (C=O) groups excluding carboxylic acids is 1. The Hall–Kier alpha value is -3.04. The number of benzene rings is 1. The summed E-state index contributed by atoms with van der Waals surface area (Å²) in [6.45, 7) is 0.0825. The lowest BCUT2D eigenvalue weighted by molar-refractivity contribution is -0.116. The highest BCUT2D eigenvalue weighted by molar-refractivity contribution is 7.89. The van der Waals surface area contributed by atoms with Crippen molar-refractivity contribution in [1.82, 2.24) is 19.5 Å². The fourth-order valence-corrected chi connectivity index (χ4v) is 4.01. The lowest BCUT2D eigenvalue weighted by Gasteiger charge is -2.17. The molecule has 3 aromatic rings. The topological polar surface area (TPSA) is 106 Å². The molecule has 0 bridgehead atoms. The average molecular weight is 383 g/mol. The lowest BCUT2D eigenvalue weighted by atomic mass is 10.0. The summed E-state index contributed by atoms with van der Waals surface area (Å²) in [7, 11) is -3.71. The van der Waals surface area contributed by atoms with E-state index in [1.165, 1.54) is 6.07 Å². The first-order valence-corrected chi connectivity index (χ1v) is 9.87. The van der Waals surface area contributed by atoms with Crippen molar-refractivity contribution in [2.75, 3.05) is 5.32 Å². The predicted molar refractivity (Wildman–Crippen MR) is 98.8 cm³/mol. The summed E-state index contributed by atoms with van der Waals surface area (Å²) < 4.78 is 29.6. The van der Waals surface area contributed by atoms with E-state index in [-0.39, 0.29) is 17.3 Å². The molecule has 9 heteroatoms. The first kappa shape index (κ1) is 17.4. The minimum atomic E-state index is -3.71. The molecular weight excluding hydrogens is 366 g/mol. The molecule has 1 aliphatic rings. The van der Waals surface area contributed by atoms with Gasteiger partial charge in [0, 0.05) is 42.8 Å². The average Bonchev–Trinajstić information content (AvgIpc) is 3.21. The van der Waals surface area contributed by atoms with E-state index in [0.29, 0.717) is 29.9 Å². The van der Waals surface area contributed by atoms with Crippen molar-refractivity contribution in [3.8, 4) is 5.82 Å². The maximum Gasteiger partial charge on any atom is 0.240 e. The number of hydrogen-bond donors (Lipinski definition) is 2. The van der Waals surface area contributed by atoms with Gasteiger partial charge in [-0.3, -0.25) is 4.79 Å². The SMILES string of the molecule is O=C1CCc2cc(S(=O)(=O)NCc3cccnc3-n3cccn3)ccc2N1. The lowest BCUT2D eigenvalue weighted by Crippen LogP contribution is -2.25. The highest BCUT2D eigenvalue weighted by Crippen LogP contribution is 2.25. The molecule has 0 saturated heterocycles. The number of amides is 1. The van der Waals surface area contributed by atoms with E-state index in [9.17, 15) is 13.2 Å². The van der Waals surface area contributed by atoms with Crippen LogP contribution in [0.2, 0.25) is 0 Å². The largest absolute Gasteiger partial charge is 0.326 e. The Labute approximate surface area is 156 Å². The maximum atomic E-state index is 12.7. The van der Waals surface area contributed by atoms with Crippen molar-refractivity contribution in [3.63, 3.8) is 0 Å². The molecule has 0 spiro atoms. The van der Waals surface area contributed by atoms with Gasteiger partial charge in [0.25, 0.3) is 0 Å². The third-order valence-corrected chi connectivity index (χ3v) is 5.72. The normalized spacial score (nSPS) is 13.9. The van der Waals surface area contributed by atoms with Crippen molar-refractivity contribution < 1.29 is 13.2 Å². The summed E-state index contributed by atoms with van der Waals surface area (Å²) in [6, 6.07) is 10.0. The van der Waals surface area contributed by atoms with Gasteiger partial charge < -0.3 is 5.32 Å². The van der Waals surface area contributed by atoms with Gasteiger partial charge in [-0.1, -0.05) is 6.07 Å². The van der Waals surface area contributed by atoms with Crippen molar-refractivity contribution in [2.45, 2.75) is 24.3 Å². The Kier molecular flexibility index (Phi) is 4.46. The van der Waals surface area contributed by atoms with Gasteiger partial charge in [-0.05, 0) is 42.3 Å². The van der Waals surface area contributed by atoms with Gasteiger partial charge in [-0.2, -0.15) is 5.10 Å². The van der Waals surface area contributed by atoms with Crippen molar-refractivity contribution in [2.24, 2.45) is 0 Å². The summed E-state index contributed by atoms with van der Waals surface area (Å²) >= 11 is 0. The first-order chi connectivity index (χ1) is 13.0. The van der Waals surface area contributed by atoms with E-state index in [1.807, 2.05) is 0 Å². The van der Waals surface area contributed by atoms with Crippen LogP contribution >= 0.6 is 0 Å². The number of carbonyl (C=O) groups is 1. The summed E-state index contributed by atoms with van der Waals surface area (Å²) in [4.78, 5) is 15.9. The van der Waals surface area contributed by atoms with Crippen LogP contribution in [0.5, 0.6) is 0 Å². The van der Waals surface area contributed by atoms with Gasteiger partial charge in [-0.15, -0.1) is 0 Å². The van der Waals surface area contributed by atoms with E-state index < -0.39 is 10.0 Å². The fourth-order valence-electron chi connectivity index (χ4n) is 2.95. The zero-order valence-corrected chi connectivity index (χ0v) is 15.1. The van der Waals surface area contributed by atoms with Crippen LogP contribution in [-0.2, 0) is 27.8 Å². The zero-order chi connectivity index (χ0) is 18.9. The number of hydrogen-bond acceptors (Lipinski definition) is 5.